The van der Waals surface area contributed by atoms with Gasteiger partial charge in [0.05, 0.1) is 0 Å². The SMILES string of the molecule is Cc1ccc(C[N+]2(CC(F)(F)F)C(=O)C3(COc4cc5c(cc43)OCO5)c3ccccc32)cc1. The Morgan fingerprint density at radius 3 is 2.35 bits per heavy atom. The molecule has 0 aliphatic carbocycles. The summed E-state index contributed by atoms with van der Waals surface area (Å²) in [5.41, 5.74) is 1.67. The Bertz CT molecular complexity index is 1320. The summed E-state index contributed by atoms with van der Waals surface area (Å²) in [5.74, 6) is 0.817. The minimum atomic E-state index is -4.57. The Morgan fingerprint density at radius 1 is 0.912 bits per heavy atom. The van der Waals surface area contributed by atoms with E-state index in [4.69, 9.17) is 14.2 Å². The maximum atomic E-state index is 14.4. The fourth-order valence-electron chi connectivity index (χ4n) is 5.52. The molecule has 5 nitrogen and oxygen atoms in total. The summed E-state index contributed by atoms with van der Waals surface area (Å²) in [5, 5.41) is 0. The van der Waals surface area contributed by atoms with E-state index in [-0.39, 0.29) is 19.9 Å². The molecule has 2 atom stereocenters. The Labute approximate surface area is 193 Å². The number of hydrogen-bond acceptors (Lipinski definition) is 4. The van der Waals surface area contributed by atoms with E-state index in [0.29, 0.717) is 39.6 Å². The largest absolute Gasteiger partial charge is 0.491 e. The highest BCUT2D eigenvalue weighted by Gasteiger charge is 2.68. The van der Waals surface area contributed by atoms with E-state index >= 15 is 0 Å². The lowest BCUT2D eigenvalue weighted by Gasteiger charge is -2.34. The summed E-state index contributed by atoms with van der Waals surface area (Å²) in [7, 11) is 0. The predicted octanol–water partition coefficient (Wildman–Crippen LogP) is 5.01. The zero-order valence-corrected chi connectivity index (χ0v) is 18.3. The molecule has 0 saturated heterocycles. The monoisotopic (exact) mass is 468 g/mol. The summed E-state index contributed by atoms with van der Waals surface area (Å²) in [6, 6.07) is 17.4. The van der Waals surface area contributed by atoms with Crippen LogP contribution in [0.4, 0.5) is 18.9 Å². The Kier molecular flexibility index (Phi) is 4.33. The van der Waals surface area contributed by atoms with E-state index in [2.05, 4.69) is 0 Å². The molecule has 3 aliphatic rings. The third-order valence-electron chi connectivity index (χ3n) is 6.98. The van der Waals surface area contributed by atoms with Crippen molar-refractivity contribution >= 4 is 11.6 Å². The molecule has 0 aromatic heterocycles. The average Bonchev–Trinajstić information content (AvgIpc) is 3.46. The lowest BCUT2D eigenvalue weighted by atomic mass is 9.77. The Balaban J connectivity index is 1.58. The van der Waals surface area contributed by atoms with E-state index in [1.165, 1.54) is 0 Å². The van der Waals surface area contributed by atoms with Crippen molar-refractivity contribution in [3.8, 4) is 17.2 Å². The van der Waals surface area contributed by atoms with Crippen molar-refractivity contribution < 1.29 is 32.2 Å². The summed E-state index contributed by atoms with van der Waals surface area (Å²) < 4.78 is 58.3. The quantitative estimate of drug-likeness (QED) is 0.507. The van der Waals surface area contributed by atoms with Gasteiger partial charge in [-0.05, 0) is 19.1 Å². The molecule has 3 aromatic carbocycles. The Hall–Kier alpha value is -3.52. The fraction of sp³-hybridized carbons (Fsp3) is 0.269. The van der Waals surface area contributed by atoms with Crippen molar-refractivity contribution in [1.29, 1.82) is 0 Å². The van der Waals surface area contributed by atoms with Crippen LogP contribution in [0.5, 0.6) is 17.2 Å². The van der Waals surface area contributed by atoms with Crippen LogP contribution in [-0.2, 0) is 16.8 Å². The van der Waals surface area contributed by atoms with Crippen molar-refractivity contribution in [2.24, 2.45) is 0 Å². The molecule has 0 saturated carbocycles. The molecular formula is C26H21F3NO4+. The molecule has 1 amide bonds. The minimum Gasteiger partial charge on any atom is -0.491 e. The number of amides is 1. The molecule has 174 valence electrons. The average molecular weight is 468 g/mol. The number of quaternary nitrogens is 1. The zero-order valence-electron chi connectivity index (χ0n) is 18.3. The molecule has 0 radical (unpaired) electrons. The molecular weight excluding hydrogens is 447 g/mol. The number of aryl methyl sites for hydroxylation is 1. The second-order valence-corrected chi connectivity index (χ2v) is 9.10. The van der Waals surface area contributed by atoms with Gasteiger partial charge in [0.1, 0.15) is 24.6 Å². The lowest BCUT2D eigenvalue weighted by molar-refractivity contribution is -0.161. The number of para-hydroxylation sites is 1. The highest BCUT2D eigenvalue weighted by molar-refractivity contribution is 6.08. The molecule has 3 heterocycles. The summed E-state index contributed by atoms with van der Waals surface area (Å²) >= 11 is 0. The van der Waals surface area contributed by atoms with Gasteiger partial charge in [-0.1, -0.05) is 48.0 Å². The molecule has 0 fully saturated rings. The van der Waals surface area contributed by atoms with Crippen molar-refractivity contribution in [2.75, 3.05) is 19.9 Å². The van der Waals surface area contributed by atoms with E-state index in [1.54, 1.807) is 48.5 Å². The number of nitrogens with zero attached hydrogens (tertiary/aromatic N) is 1. The number of carbonyl (C=O) groups is 1. The van der Waals surface area contributed by atoms with Gasteiger partial charge >= 0.3 is 12.1 Å². The van der Waals surface area contributed by atoms with Gasteiger partial charge in [-0.3, -0.25) is 0 Å². The van der Waals surface area contributed by atoms with Gasteiger partial charge < -0.3 is 14.2 Å². The first-order chi connectivity index (χ1) is 16.2. The van der Waals surface area contributed by atoms with Gasteiger partial charge in [0.15, 0.2) is 23.5 Å². The van der Waals surface area contributed by atoms with Crippen LogP contribution in [0.15, 0.2) is 60.7 Å². The fourth-order valence-corrected chi connectivity index (χ4v) is 5.52. The molecule has 0 N–H and O–H groups in total. The van der Waals surface area contributed by atoms with Gasteiger partial charge in [0.2, 0.25) is 6.79 Å². The Morgan fingerprint density at radius 2 is 1.62 bits per heavy atom. The highest BCUT2D eigenvalue weighted by Crippen LogP contribution is 2.58. The normalized spacial score (nSPS) is 24.3. The van der Waals surface area contributed by atoms with Crippen LogP contribution >= 0.6 is 0 Å². The van der Waals surface area contributed by atoms with Crippen molar-refractivity contribution in [3.05, 3.63) is 82.9 Å². The van der Waals surface area contributed by atoms with Crippen LogP contribution < -0.4 is 18.7 Å². The van der Waals surface area contributed by atoms with Crippen LogP contribution in [0, 0.1) is 6.92 Å². The molecule has 0 bridgehead atoms. The van der Waals surface area contributed by atoms with E-state index < -0.39 is 28.5 Å². The molecule has 1 spiro atoms. The standard InChI is InChI=1S/C26H21F3NO4/c1-16-6-8-17(9-7-16)12-30(13-26(27,28)29)20-5-3-2-4-18(20)25(24(30)31)14-32-21-11-23-22(10-19(21)25)33-15-34-23/h2-11H,12-15H2,1H3/q+1. The van der Waals surface area contributed by atoms with E-state index in [9.17, 15) is 18.0 Å². The first kappa shape index (κ1) is 21.0. The number of halogens is 3. The topological polar surface area (TPSA) is 44.8 Å². The summed E-state index contributed by atoms with van der Waals surface area (Å²) in [4.78, 5) is 14.4. The number of ether oxygens (including phenoxy) is 3. The number of rotatable bonds is 3. The number of hydrogen-bond donors (Lipinski definition) is 0. The third kappa shape index (κ3) is 2.88. The molecule has 8 heteroatoms. The van der Waals surface area contributed by atoms with E-state index in [1.807, 2.05) is 19.1 Å². The molecule has 34 heavy (non-hydrogen) atoms. The number of alkyl halides is 3. The summed E-state index contributed by atoms with van der Waals surface area (Å²) in [6.07, 6.45) is -4.57. The van der Waals surface area contributed by atoms with Crippen molar-refractivity contribution in [3.63, 3.8) is 0 Å². The van der Waals surface area contributed by atoms with Gasteiger partial charge in [-0.2, -0.15) is 13.2 Å². The zero-order chi connectivity index (χ0) is 23.7. The minimum absolute atomic E-state index is 0.0389. The smallest absolute Gasteiger partial charge is 0.439 e. The molecule has 3 aliphatic heterocycles. The first-order valence-electron chi connectivity index (χ1n) is 10.9. The molecule has 2 unspecified atom stereocenters. The second kappa shape index (κ2) is 6.99. The van der Waals surface area contributed by atoms with E-state index in [0.717, 1.165) is 5.56 Å². The lowest BCUT2D eigenvalue weighted by Crippen LogP contribution is -2.60. The van der Waals surface area contributed by atoms with Crippen LogP contribution in [-0.4, -0.2) is 32.0 Å². The van der Waals surface area contributed by atoms with Crippen LogP contribution in [0.1, 0.15) is 22.3 Å². The predicted molar refractivity (Wildman–Crippen MR) is 118 cm³/mol. The van der Waals surface area contributed by atoms with Gasteiger partial charge in [0.25, 0.3) is 0 Å². The van der Waals surface area contributed by atoms with Crippen molar-refractivity contribution in [1.82, 2.24) is 4.48 Å². The van der Waals surface area contributed by atoms with Crippen molar-refractivity contribution in [2.45, 2.75) is 25.1 Å². The van der Waals surface area contributed by atoms with Crippen LogP contribution in [0.3, 0.4) is 0 Å². The van der Waals surface area contributed by atoms with Gasteiger partial charge in [-0.25, -0.2) is 9.28 Å². The number of carbonyl (C=O) groups excluding carboxylic acids is 1. The maximum absolute atomic E-state index is 14.4. The number of benzene rings is 3. The highest BCUT2D eigenvalue weighted by atomic mass is 19.4. The second-order valence-electron chi connectivity index (χ2n) is 9.10. The third-order valence-corrected chi connectivity index (χ3v) is 6.98. The van der Waals surface area contributed by atoms with Crippen LogP contribution in [0.2, 0.25) is 0 Å². The maximum Gasteiger partial charge on any atom is 0.439 e. The van der Waals surface area contributed by atoms with Gasteiger partial charge in [-0.15, -0.1) is 0 Å². The molecule has 3 aromatic rings. The molecule has 6 rings (SSSR count). The number of fused-ring (bicyclic) bond motifs is 5. The summed E-state index contributed by atoms with van der Waals surface area (Å²) in [6.45, 7) is 0.450. The first-order valence-corrected chi connectivity index (χ1v) is 10.9. The van der Waals surface area contributed by atoms with Crippen LogP contribution in [0.25, 0.3) is 0 Å². The van der Waals surface area contributed by atoms with Gasteiger partial charge in [0, 0.05) is 22.8 Å².